The molecule has 1 aromatic rings. The van der Waals surface area contributed by atoms with Crippen molar-refractivity contribution >= 4 is 12.2 Å². The topological polar surface area (TPSA) is 86.6 Å². The molecule has 0 spiro atoms. The maximum Gasteiger partial charge on any atom is 0.216 e. The van der Waals surface area contributed by atoms with Crippen molar-refractivity contribution in [3.05, 3.63) is 35.1 Å². The molecule has 1 amide bonds. The first kappa shape index (κ1) is 14.3. The van der Waals surface area contributed by atoms with E-state index >= 15 is 0 Å². The summed E-state index contributed by atoms with van der Waals surface area (Å²) in [6, 6.07) is 3.32. The summed E-state index contributed by atoms with van der Waals surface area (Å²) in [4.78, 5) is 21.2. The second-order valence-electron chi connectivity index (χ2n) is 3.89. The SMILES string of the molecule is CC(=O)NCC(O)C(O)c1cc(F)cc(C=O)c1. The molecule has 18 heavy (non-hydrogen) atoms. The predicted octanol–water partition coefficient (Wildman–Crippen LogP) is 0.169. The Hall–Kier alpha value is -1.79. The summed E-state index contributed by atoms with van der Waals surface area (Å²) in [5, 5.41) is 21.7. The van der Waals surface area contributed by atoms with E-state index in [1.165, 1.54) is 13.0 Å². The summed E-state index contributed by atoms with van der Waals surface area (Å²) in [5.74, 6) is -1.03. The van der Waals surface area contributed by atoms with Gasteiger partial charge in [-0.05, 0) is 23.8 Å². The Labute approximate surface area is 103 Å². The minimum atomic E-state index is -1.38. The molecule has 0 aliphatic carbocycles. The van der Waals surface area contributed by atoms with Crippen LogP contribution in [0.4, 0.5) is 4.39 Å². The number of benzene rings is 1. The fraction of sp³-hybridized carbons (Fsp3) is 0.333. The van der Waals surface area contributed by atoms with Crippen LogP contribution in [0.15, 0.2) is 18.2 Å². The molecule has 3 N–H and O–H groups in total. The minimum Gasteiger partial charge on any atom is -0.388 e. The van der Waals surface area contributed by atoms with Gasteiger partial charge in [-0.25, -0.2) is 4.39 Å². The third kappa shape index (κ3) is 3.90. The zero-order chi connectivity index (χ0) is 13.7. The van der Waals surface area contributed by atoms with Crippen LogP contribution in [0.5, 0.6) is 0 Å². The molecule has 6 heteroatoms. The Morgan fingerprint density at radius 1 is 1.44 bits per heavy atom. The molecule has 1 aromatic carbocycles. The summed E-state index contributed by atoms with van der Waals surface area (Å²) in [6.45, 7) is 1.11. The molecule has 5 nitrogen and oxygen atoms in total. The Kier molecular flexibility index (Phi) is 4.94. The van der Waals surface area contributed by atoms with E-state index in [4.69, 9.17) is 0 Å². The van der Waals surface area contributed by atoms with E-state index in [1.54, 1.807) is 0 Å². The summed E-state index contributed by atoms with van der Waals surface area (Å²) in [7, 11) is 0. The Bertz CT molecular complexity index is 450. The summed E-state index contributed by atoms with van der Waals surface area (Å²) in [5.41, 5.74) is 0.144. The van der Waals surface area contributed by atoms with Gasteiger partial charge in [-0.15, -0.1) is 0 Å². The second-order valence-corrected chi connectivity index (χ2v) is 3.89. The molecule has 0 bridgehead atoms. The number of carbonyl (C=O) groups excluding carboxylic acids is 2. The van der Waals surface area contributed by atoms with E-state index in [-0.39, 0.29) is 23.6 Å². The molecule has 0 aromatic heterocycles. The van der Waals surface area contributed by atoms with Gasteiger partial charge in [0, 0.05) is 19.0 Å². The highest BCUT2D eigenvalue weighted by Gasteiger charge is 2.19. The normalized spacial score (nSPS) is 13.8. The first-order valence-electron chi connectivity index (χ1n) is 5.30. The Balaban J connectivity index is 2.82. The van der Waals surface area contributed by atoms with E-state index in [1.807, 2.05) is 0 Å². The standard InChI is InChI=1S/C12H14FNO4/c1-7(16)14-5-11(17)12(18)9-2-8(6-15)3-10(13)4-9/h2-4,6,11-12,17-18H,5H2,1H3,(H,14,16). The molecule has 98 valence electrons. The average molecular weight is 255 g/mol. The van der Waals surface area contributed by atoms with Crippen molar-refractivity contribution in [1.82, 2.24) is 5.32 Å². The molecular formula is C12H14FNO4. The number of aldehydes is 1. The third-order valence-electron chi connectivity index (χ3n) is 2.34. The molecule has 2 atom stereocenters. The van der Waals surface area contributed by atoms with Gasteiger partial charge >= 0.3 is 0 Å². The summed E-state index contributed by atoms with van der Waals surface area (Å²) >= 11 is 0. The highest BCUT2D eigenvalue weighted by molar-refractivity contribution is 5.75. The van der Waals surface area contributed by atoms with Crippen molar-refractivity contribution in [3.8, 4) is 0 Å². The summed E-state index contributed by atoms with van der Waals surface area (Å²) in [6.07, 6.45) is -2.22. The fourth-order valence-electron chi connectivity index (χ4n) is 1.46. The zero-order valence-corrected chi connectivity index (χ0v) is 9.76. The lowest BCUT2D eigenvalue weighted by Crippen LogP contribution is -2.34. The molecule has 0 fully saturated rings. The van der Waals surface area contributed by atoms with Crippen molar-refractivity contribution < 1.29 is 24.2 Å². The molecule has 0 radical (unpaired) electrons. The fourth-order valence-corrected chi connectivity index (χ4v) is 1.46. The number of hydrogen-bond donors (Lipinski definition) is 3. The number of hydrogen-bond acceptors (Lipinski definition) is 4. The number of amides is 1. The van der Waals surface area contributed by atoms with Crippen molar-refractivity contribution in [2.24, 2.45) is 0 Å². The first-order valence-corrected chi connectivity index (χ1v) is 5.30. The highest BCUT2D eigenvalue weighted by atomic mass is 19.1. The maximum atomic E-state index is 13.1. The number of rotatable bonds is 5. The number of nitrogens with one attached hydrogen (secondary N) is 1. The third-order valence-corrected chi connectivity index (χ3v) is 2.34. The van der Waals surface area contributed by atoms with Gasteiger partial charge in [0.2, 0.25) is 5.91 Å². The predicted molar refractivity (Wildman–Crippen MR) is 61.4 cm³/mol. The minimum absolute atomic E-state index is 0.0655. The zero-order valence-electron chi connectivity index (χ0n) is 9.76. The first-order chi connectivity index (χ1) is 8.43. The van der Waals surface area contributed by atoms with Gasteiger partial charge in [-0.1, -0.05) is 0 Å². The van der Waals surface area contributed by atoms with Gasteiger partial charge in [-0.3, -0.25) is 9.59 Å². The molecule has 0 saturated carbocycles. The maximum absolute atomic E-state index is 13.1. The van der Waals surface area contributed by atoms with Crippen LogP contribution in [0, 0.1) is 5.82 Å². The lowest BCUT2D eigenvalue weighted by Gasteiger charge is -2.18. The van der Waals surface area contributed by atoms with Crippen LogP contribution in [-0.4, -0.2) is 35.1 Å². The van der Waals surface area contributed by atoms with Gasteiger partial charge in [0.05, 0.1) is 0 Å². The lowest BCUT2D eigenvalue weighted by atomic mass is 10.0. The number of carbonyl (C=O) groups is 2. The molecule has 2 unspecified atom stereocenters. The quantitative estimate of drug-likeness (QED) is 0.654. The smallest absolute Gasteiger partial charge is 0.216 e. The van der Waals surface area contributed by atoms with Crippen LogP contribution in [0.3, 0.4) is 0 Å². The van der Waals surface area contributed by atoms with E-state index < -0.39 is 18.0 Å². The second kappa shape index (κ2) is 6.23. The van der Waals surface area contributed by atoms with Crippen molar-refractivity contribution in [2.45, 2.75) is 19.1 Å². The molecule has 0 heterocycles. The summed E-state index contributed by atoms with van der Waals surface area (Å²) < 4.78 is 13.1. The van der Waals surface area contributed by atoms with Crippen LogP contribution < -0.4 is 5.32 Å². The molecular weight excluding hydrogens is 241 g/mol. The van der Waals surface area contributed by atoms with E-state index in [0.717, 1.165) is 12.1 Å². The van der Waals surface area contributed by atoms with E-state index in [0.29, 0.717) is 6.29 Å². The van der Waals surface area contributed by atoms with Gasteiger partial charge < -0.3 is 15.5 Å². The highest BCUT2D eigenvalue weighted by Crippen LogP contribution is 2.19. The van der Waals surface area contributed by atoms with Crippen molar-refractivity contribution in [3.63, 3.8) is 0 Å². The molecule has 0 aliphatic heterocycles. The van der Waals surface area contributed by atoms with Crippen LogP contribution in [0.1, 0.15) is 28.9 Å². The number of aliphatic hydroxyl groups is 2. The van der Waals surface area contributed by atoms with Crippen molar-refractivity contribution in [1.29, 1.82) is 0 Å². The van der Waals surface area contributed by atoms with E-state index in [9.17, 15) is 24.2 Å². The van der Waals surface area contributed by atoms with Gasteiger partial charge in [0.1, 0.15) is 24.3 Å². The van der Waals surface area contributed by atoms with Crippen molar-refractivity contribution in [2.75, 3.05) is 6.54 Å². The largest absolute Gasteiger partial charge is 0.388 e. The monoisotopic (exact) mass is 255 g/mol. The van der Waals surface area contributed by atoms with Crippen LogP contribution >= 0.6 is 0 Å². The van der Waals surface area contributed by atoms with Gasteiger partial charge in [0.15, 0.2) is 0 Å². The Morgan fingerprint density at radius 3 is 2.67 bits per heavy atom. The molecule has 0 saturated heterocycles. The number of halogens is 1. The van der Waals surface area contributed by atoms with Gasteiger partial charge in [-0.2, -0.15) is 0 Å². The van der Waals surface area contributed by atoms with Crippen LogP contribution in [-0.2, 0) is 4.79 Å². The molecule has 1 rings (SSSR count). The van der Waals surface area contributed by atoms with Crippen LogP contribution in [0.2, 0.25) is 0 Å². The van der Waals surface area contributed by atoms with Crippen LogP contribution in [0.25, 0.3) is 0 Å². The lowest BCUT2D eigenvalue weighted by molar-refractivity contribution is -0.119. The Morgan fingerprint density at radius 2 is 2.11 bits per heavy atom. The van der Waals surface area contributed by atoms with Gasteiger partial charge in [0.25, 0.3) is 0 Å². The molecule has 0 aliphatic rings. The van der Waals surface area contributed by atoms with E-state index in [2.05, 4.69) is 5.32 Å². The average Bonchev–Trinajstić information content (AvgIpc) is 2.34. The number of aliphatic hydroxyl groups excluding tert-OH is 2.